The number of hydroxylamine groups is 1. The first-order valence-electron chi connectivity index (χ1n) is 3.18. The SMILES string of the molecule is CC(=O)NO.c1ccccc1. The van der Waals surface area contributed by atoms with E-state index in [2.05, 4.69) is 0 Å². The van der Waals surface area contributed by atoms with Crippen LogP contribution >= 0.6 is 0 Å². The van der Waals surface area contributed by atoms with Crippen molar-refractivity contribution in [2.45, 2.75) is 6.92 Å². The predicted molar refractivity (Wildman–Crippen MR) is 42.0 cm³/mol. The zero-order valence-corrected chi connectivity index (χ0v) is 6.32. The predicted octanol–water partition coefficient (Wildman–Crippen LogP) is 1.20. The Balaban J connectivity index is 0.000000187. The van der Waals surface area contributed by atoms with Gasteiger partial charge in [0.15, 0.2) is 0 Å². The second-order valence-electron chi connectivity index (χ2n) is 1.82. The van der Waals surface area contributed by atoms with E-state index in [4.69, 9.17) is 5.21 Å². The van der Waals surface area contributed by atoms with Gasteiger partial charge in [-0.2, -0.15) is 0 Å². The van der Waals surface area contributed by atoms with Crippen molar-refractivity contribution in [2.75, 3.05) is 0 Å². The van der Waals surface area contributed by atoms with Gasteiger partial charge in [-0.3, -0.25) is 10.0 Å². The molecule has 0 atom stereocenters. The van der Waals surface area contributed by atoms with Crippen molar-refractivity contribution in [3.63, 3.8) is 0 Å². The summed E-state index contributed by atoms with van der Waals surface area (Å²) in [5, 5.41) is 7.54. The molecular weight excluding hydrogens is 142 g/mol. The van der Waals surface area contributed by atoms with Crippen molar-refractivity contribution >= 4 is 5.91 Å². The van der Waals surface area contributed by atoms with Crippen LogP contribution in [0.5, 0.6) is 0 Å². The Morgan fingerprint density at radius 3 is 1.36 bits per heavy atom. The van der Waals surface area contributed by atoms with E-state index in [1.165, 1.54) is 12.4 Å². The molecule has 2 N–H and O–H groups in total. The highest BCUT2D eigenvalue weighted by atomic mass is 16.5. The third kappa shape index (κ3) is 8.65. The molecule has 0 aliphatic rings. The summed E-state index contributed by atoms with van der Waals surface area (Å²) < 4.78 is 0. The summed E-state index contributed by atoms with van der Waals surface area (Å²) in [5.41, 5.74) is 1.39. The lowest BCUT2D eigenvalue weighted by molar-refractivity contribution is -0.126. The van der Waals surface area contributed by atoms with E-state index in [1.54, 1.807) is 0 Å². The van der Waals surface area contributed by atoms with Gasteiger partial charge in [-0.1, -0.05) is 36.4 Å². The van der Waals surface area contributed by atoms with Crippen LogP contribution in [0.4, 0.5) is 0 Å². The molecule has 1 aromatic carbocycles. The molecule has 0 aliphatic heterocycles. The van der Waals surface area contributed by atoms with E-state index < -0.39 is 5.91 Å². The van der Waals surface area contributed by atoms with Crippen LogP contribution in [0.15, 0.2) is 36.4 Å². The molecule has 1 aromatic rings. The minimum atomic E-state index is -0.440. The maximum absolute atomic E-state index is 9.45. The molecule has 60 valence electrons. The van der Waals surface area contributed by atoms with Crippen LogP contribution in [-0.2, 0) is 4.79 Å². The van der Waals surface area contributed by atoms with Crippen molar-refractivity contribution in [3.8, 4) is 0 Å². The average Bonchev–Trinajstić information content (AvgIpc) is 2.09. The van der Waals surface area contributed by atoms with Crippen LogP contribution in [0.1, 0.15) is 6.92 Å². The highest BCUT2D eigenvalue weighted by molar-refractivity contribution is 5.71. The quantitative estimate of drug-likeness (QED) is 0.434. The first kappa shape index (κ1) is 9.65. The Labute approximate surface area is 65.6 Å². The second kappa shape index (κ2) is 6.77. The third-order valence-electron chi connectivity index (χ3n) is 0.824. The number of carbonyl (C=O) groups excluding carboxylic acids is 1. The summed E-state index contributed by atoms with van der Waals surface area (Å²) in [6.45, 7) is 1.22. The molecule has 3 nitrogen and oxygen atoms in total. The number of hydrogen-bond acceptors (Lipinski definition) is 2. The minimum Gasteiger partial charge on any atom is -0.289 e. The lowest BCUT2D eigenvalue weighted by Crippen LogP contribution is -2.12. The summed E-state index contributed by atoms with van der Waals surface area (Å²) in [7, 11) is 0. The van der Waals surface area contributed by atoms with E-state index in [1.807, 2.05) is 36.4 Å². The summed E-state index contributed by atoms with van der Waals surface area (Å²) in [6, 6.07) is 12.0. The molecule has 0 saturated heterocycles. The van der Waals surface area contributed by atoms with Crippen LogP contribution in [0.3, 0.4) is 0 Å². The molecule has 1 rings (SSSR count). The monoisotopic (exact) mass is 153 g/mol. The zero-order valence-electron chi connectivity index (χ0n) is 6.32. The molecule has 0 aromatic heterocycles. The molecular formula is C8H11NO2. The van der Waals surface area contributed by atoms with Gasteiger partial charge in [0, 0.05) is 6.92 Å². The fourth-order valence-corrected chi connectivity index (χ4v) is 0.385. The van der Waals surface area contributed by atoms with E-state index in [9.17, 15) is 4.79 Å². The van der Waals surface area contributed by atoms with E-state index in [-0.39, 0.29) is 0 Å². The molecule has 0 bridgehead atoms. The molecule has 0 unspecified atom stereocenters. The lowest BCUT2D eigenvalue weighted by atomic mass is 10.4. The number of carbonyl (C=O) groups is 1. The molecule has 0 fully saturated rings. The number of benzene rings is 1. The van der Waals surface area contributed by atoms with Gasteiger partial charge in [0.05, 0.1) is 0 Å². The fourth-order valence-electron chi connectivity index (χ4n) is 0.385. The molecule has 1 amide bonds. The van der Waals surface area contributed by atoms with Crippen molar-refractivity contribution in [3.05, 3.63) is 36.4 Å². The number of amides is 1. The van der Waals surface area contributed by atoms with E-state index >= 15 is 0 Å². The molecule has 3 heteroatoms. The first-order chi connectivity index (χ1) is 5.27. The van der Waals surface area contributed by atoms with Gasteiger partial charge in [-0.15, -0.1) is 0 Å². The highest BCUT2D eigenvalue weighted by Gasteiger charge is 1.74. The van der Waals surface area contributed by atoms with Crippen LogP contribution < -0.4 is 5.48 Å². The van der Waals surface area contributed by atoms with Crippen LogP contribution in [0.2, 0.25) is 0 Å². The Bertz CT molecular complexity index is 160. The largest absolute Gasteiger partial charge is 0.289 e. The van der Waals surface area contributed by atoms with Crippen molar-refractivity contribution in [1.29, 1.82) is 0 Å². The van der Waals surface area contributed by atoms with E-state index in [0.29, 0.717) is 0 Å². The zero-order chi connectivity index (χ0) is 8.53. The van der Waals surface area contributed by atoms with Gasteiger partial charge in [0.25, 0.3) is 0 Å². The van der Waals surface area contributed by atoms with Crippen LogP contribution in [-0.4, -0.2) is 11.1 Å². The Morgan fingerprint density at radius 2 is 1.27 bits per heavy atom. The molecule has 0 heterocycles. The summed E-state index contributed by atoms with van der Waals surface area (Å²) >= 11 is 0. The Kier molecular flexibility index (Phi) is 5.94. The molecule has 0 spiro atoms. The maximum Gasteiger partial charge on any atom is 0.240 e. The summed E-state index contributed by atoms with van der Waals surface area (Å²) in [4.78, 5) is 9.45. The first-order valence-corrected chi connectivity index (χ1v) is 3.18. The van der Waals surface area contributed by atoms with Gasteiger partial charge in [-0.25, -0.2) is 5.48 Å². The highest BCUT2D eigenvalue weighted by Crippen LogP contribution is 1.79. The number of nitrogens with one attached hydrogen (secondary N) is 1. The molecule has 0 saturated carbocycles. The van der Waals surface area contributed by atoms with Crippen LogP contribution in [0, 0.1) is 0 Å². The second-order valence-corrected chi connectivity index (χ2v) is 1.82. The minimum absolute atomic E-state index is 0.440. The summed E-state index contributed by atoms with van der Waals surface area (Å²) in [6.07, 6.45) is 0. The average molecular weight is 153 g/mol. The van der Waals surface area contributed by atoms with Gasteiger partial charge in [0.2, 0.25) is 5.91 Å². The fraction of sp³-hybridized carbons (Fsp3) is 0.125. The molecule has 11 heavy (non-hydrogen) atoms. The lowest BCUT2D eigenvalue weighted by Gasteiger charge is -1.78. The Morgan fingerprint density at radius 1 is 1.09 bits per heavy atom. The number of rotatable bonds is 0. The topological polar surface area (TPSA) is 49.3 Å². The van der Waals surface area contributed by atoms with Crippen molar-refractivity contribution in [1.82, 2.24) is 5.48 Å². The molecule has 0 aliphatic carbocycles. The van der Waals surface area contributed by atoms with Gasteiger partial charge in [-0.05, 0) is 0 Å². The van der Waals surface area contributed by atoms with Gasteiger partial charge < -0.3 is 0 Å². The Hall–Kier alpha value is -1.35. The van der Waals surface area contributed by atoms with Crippen LogP contribution in [0.25, 0.3) is 0 Å². The standard InChI is InChI=1S/C6H6.C2H5NO2/c1-2-4-6-5-3-1;1-2(4)3-5/h1-6H;5H,1H3,(H,3,4). The smallest absolute Gasteiger partial charge is 0.240 e. The normalized spacial score (nSPS) is 7.45. The summed E-state index contributed by atoms with van der Waals surface area (Å²) in [5.74, 6) is -0.440. The third-order valence-corrected chi connectivity index (χ3v) is 0.824. The van der Waals surface area contributed by atoms with Gasteiger partial charge in [0.1, 0.15) is 0 Å². The van der Waals surface area contributed by atoms with Gasteiger partial charge >= 0.3 is 0 Å². The maximum atomic E-state index is 9.45. The number of hydrogen-bond donors (Lipinski definition) is 2. The van der Waals surface area contributed by atoms with E-state index in [0.717, 1.165) is 0 Å². The van der Waals surface area contributed by atoms with Crippen molar-refractivity contribution in [2.24, 2.45) is 0 Å². The van der Waals surface area contributed by atoms with Crippen molar-refractivity contribution < 1.29 is 10.0 Å². The molecule has 0 radical (unpaired) electrons.